The van der Waals surface area contributed by atoms with E-state index in [2.05, 4.69) is 23.0 Å². The van der Waals surface area contributed by atoms with Crippen LogP contribution in [-0.4, -0.2) is 35.0 Å². The Morgan fingerprint density at radius 3 is 2.83 bits per heavy atom. The van der Waals surface area contributed by atoms with Crippen molar-refractivity contribution in [3.63, 3.8) is 0 Å². The van der Waals surface area contributed by atoms with Gasteiger partial charge in [0.1, 0.15) is 0 Å². The molecule has 0 aliphatic heterocycles. The van der Waals surface area contributed by atoms with E-state index < -0.39 is 0 Å². The van der Waals surface area contributed by atoms with E-state index >= 15 is 0 Å². The fourth-order valence-electron chi connectivity index (χ4n) is 2.44. The van der Waals surface area contributed by atoms with Gasteiger partial charge in [0, 0.05) is 37.8 Å². The Hall–Kier alpha value is -1.00. The quantitative estimate of drug-likeness (QED) is 0.764. The van der Waals surface area contributed by atoms with Gasteiger partial charge in [-0.3, -0.25) is 4.98 Å². The van der Waals surface area contributed by atoms with Crippen molar-refractivity contribution in [1.29, 1.82) is 0 Å². The van der Waals surface area contributed by atoms with Gasteiger partial charge in [0.15, 0.2) is 0 Å². The van der Waals surface area contributed by atoms with Crippen molar-refractivity contribution in [2.75, 3.05) is 20.1 Å². The Balaban J connectivity index is 1.76. The molecule has 0 aromatic carbocycles. The van der Waals surface area contributed by atoms with Gasteiger partial charge in [0.25, 0.3) is 0 Å². The molecule has 2 N–H and O–H groups in total. The molecule has 1 aromatic heterocycles. The molecule has 0 spiro atoms. The summed E-state index contributed by atoms with van der Waals surface area (Å²) in [5.74, 6) is 0. The van der Waals surface area contributed by atoms with Crippen LogP contribution in [0, 0.1) is 5.41 Å². The zero-order valence-electron chi connectivity index (χ0n) is 10.9. The minimum absolute atomic E-state index is 0.380. The predicted octanol–water partition coefficient (Wildman–Crippen LogP) is 2.01. The van der Waals surface area contributed by atoms with E-state index in [9.17, 15) is 0 Å². The van der Waals surface area contributed by atoms with Gasteiger partial charge in [0.05, 0.1) is 4.99 Å². The molecule has 1 aliphatic carbocycles. The first-order valence-electron chi connectivity index (χ1n) is 6.46. The van der Waals surface area contributed by atoms with E-state index in [0.29, 0.717) is 10.4 Å². The zero-order valence-corrected chi connectivity index (χ0v) is 11.7. The van der Waals surface area contributed by atoms with E-state index in [-0.39, 0.29) is 0 Å². The SMILES string of the molecule is CN(CCc1ccccn1)CC1(CC(N)=S)CC1. The lowest BCUT2D eigenvalue weighted by Gasteiger charge is -2.23. The van der Waals surface area contributed by atoms with E-state index in [4.69, 9.17) is 18.0 Å². The van der Waals surface area contributed by atoms with Crippen LogP contribution in [0.15, 0.2) is 24.4 Å². The van der Waals surface area contributed by atoms with Crippen molar-refractivity contribution in [3.8, 4) is 0 Å². The average Bonchev–Trinajstić information content (AvgIpc) is 3.06. The van der Waals surface area contributed by atoms with Crippen molar-refractivity contribution in [2.24, 2.45) is 11.1 Å². The van der Waals surface area contributed by atoms with E-state index in [1.807, 2.05) is 18.3 Å². The third-order valence-electron chi connectivity index (χ3n) is 3.59. The van der Waals surface area contributed by atoms with Crippen molar-refractivity contribution in [3.05, 3.63) is 30.1 Å². The molecule has 3 nitrogen and oxygen atoms in total. The average molecular weight is 263 g/mol. The Kier molecular flexibility index (Phi) is 4.30. The molecule has 98 valence electrons. The summed E-state index contributed by atoms with van der Waals surface area (Å²) in [7, 11) is 2.17. The number of hydrogen-bond donors (Lipinski definition) is 1. The first-order valence-corrected chi connectivity index (χ1v) is 6.87. The number of hydrogen-bond acceptors (Lipinski definition) is 3. The normalized spacial score (nSPS) is 16.8. The Morgan fingerprint density at radius 1 is 1.50 bits per heavy atom. The van der Waals surface area contributed by atoms with Gasteiger partial charge >= 0.3 is 0 Å². The van der Waals surface area contributed by atoms with Crippen LogP contribution in [0.3, 0.4) is 0 Å². The second-order valence-electron chi connectivity index (χ2n) is 5.45. The van der Waals surface area contributed by atoms with Gasteiger partial charge in [-0.25, -0.2) is 0 Å². The molecule has 1 aromatic rings. The summed E-state index contributed by atoms with van der Waals surface area (Å²) >= 11 is 5.03. The number of nitrogens with two attached hydrogens (primary N) is 1. The first kappa shape index (κ1) is 13.4. The fraction of sp³-hybridized carbons (Fsp3) is 0.571. The zero-order chi connectivity index (χ0) is 13.0. The van der Waals surface area contributed by atoms with Crippen LogP contribution in [0.5, 0.6) is 0 Å². The molecule has 18 heavy (non-hydrogen) atoms. The van der Waals surface area contributed by atoms with Gasteiger partial charge in [0.2, 0.25) is 0 Å². The smallest absolute Gasteiger partial charge is 0.0733 e. The van der Waals surface area contributed by atoms with Gasteiger partial charge in [-0.2, -0.15) is 0 Å². The van der Waals surface area contributed by atoms with Crippen LogP contribution >= 0.6 is 12.2 Å². The molecule has 2 rings (SSSR count). The molecule has 1 heterocycles. The Morgan fingerprint density at radius 2 is 2.28 bits per heavy atom. The fourth-order valence-corrected chi connectivity index (χ4v) is 2.75. The highest BCUT2D eigenvalue weighted by molar-refractivity contribution is 7.80. The van der Waals surface area contributed by atoms with Crippen LogP contribution < -0.4 is 5.73 Å². The van der Waals surface area contributed by atoms with Crippen molar-refractivity contribution >= 4 is 17.2 Å². The molecule has 1 saturated carbocycles. The van der Waals surface area contributed by atoms with Crippen molar-refractivity contribution in [2.45, 2.75) is 25.7 Å². The topological polar surface area (TPSA) is 42.2 Å². The highest BCUT2D eigenvalue weighted by Gasteiger charge is 2.43. The maximum atomic E-state index is 5.66. The molecule has 0 radical (unpaired) electrons. The number of rotatable bonds is 7. The second-order valence-corrected chi connectivity index (χ2v) is 5.98. The molecule has 1 aliphatic rings. The largest absolute Gasteiger partial charge is 0.393 e. The molecule has 0 unspecified atom stereocenters. The second kappa shape index (κ2) is 5.76. The molecule has 0 saturated heterocycles. The molecule has 4 heteroatoms. The first-order chi connectivity index (χ1) is 8.60. The highest BCUT2D eigenvalue weighted by atomic mass is 32.1. The van der Waals surface area contributed by atoms with Crippen LogP contribution in [-0.2, 0) is 6.42 Å². The van der Waals surface area contributed by atoms with Crippen LogP contribution in [0.2, 0.25) is 0 Å². The monoisotopic (exact) mass is 263 g/mol. The van der Waals surface area contributed by atoms with E-state index in [1.165, 1.54) is 12.8 Å². The van der Waals surface area contributed by atoms with Crippen LogP contribution in [0.4, 0.5) is 0 Å². The van der Waals surface area contributed by atoms with Gasteiger partial charge in [-0.1, -0.05) is 18.3 Å². The standard InChI is InChI=1S/C14H21N3S/c1-17(9-5-12-4-2-3-8-16-12)11-14(6-7-14)10-13(15)18/h2-4,8H,5-7,9-11H2,1H3,(H2,15,18). The molecular formula is C14H21N3S. The molecule has 0 bridgehead atoms. The lowest BCUT2D eigenvalue weighted by molar-refractivity contribution is 0.269. The van der Waals surface area contributed by atoms with Crippen molar-refractivity contribution in [1.82, 2.24) is 9.88 Å². The highest BCUT2D eigenvalue weighted by Crippen LogP contribution is 2.49. The van der Waals surface area contributed by atoms with Crippen LogP contribution in [0.1, 0.15) is 25.0 Å². The van der Waals surface area contributed by atoms with Gasteiger partial charge in [-0.15, -0.1) is 0 Å². The molecule has 0 atom stereocenters. The molecular weight excluding hydrogens is 242 g/mol. The summed E-state index contributed by atoms with van der Waals surface area (Å²) in [6.07, 6.45) is 6.28. The summed E-state index contributed by atoms with van der Waals surface area (Å²) in [4.78, 5) is 7.38. The minimum atomic E-state index is 0.380. The predicted molar refractivity (Wildman–Crippen MR) is 78.5 cm³/mol. The maximum absolute atomic E-state index is 5.66. The minimum Gasteiger partial charge on any atom is -0.393 e. The number of nitrogens with zero attached hydrogens (tertiary/aromatic N) is 2. The molecule has 0 amide bonds. The summed E-state index contributed by atoms with van der Waals surface area (Å²) < 4.78 is 0. The Labute approximate surface area is 114 Å². The lowest BCUT2D eigenvalue weighted by Crippen LogP contribution is -2.31. The van der Waals surface area contributed by atoms with Gasteiger partial charge in [-0.05, 0) is 37.4 Å². The number of aromatic nitrogens is 1. The summed E-state index contributed by atoms with van der Waals surface area (Å²) in [5.41, 5.74) is 7.20. The third-order valence-corrected chi connectivity index (χ3v) is 3.73. The van der Waals surface area contributed by atoms with Gasteiger partial charge < -0.3 is 10.6 Å². The maximum Gasteiger partial charge on any atom is 0.0733 e. The Bertz CT molecular complexity index is 401. The van der Waals surface area contributed by atoms with E-state index in [0.717, 1.165) is 31.6 Å². The van der Waals surface area contributed by atoms with E-state index in [1.54, 1.807) is 0 Å². The molecule has 1 fully saturated rings. The third kappa shape index (κ3) is 4.03. The number of likely N-dealkylation sites (N-methyl/N-ethyl adjacent to an activating group) is 1. The lowest BCUT2D eigenvalue weighted by atomic mass is 10.0. The summed E-state index contributed by atoms with van der Waals surface area (Å²) in [6, 6.07) is 6.07. The summed E-state index contributed by atoms with van der Waals surface area (Å²) in [5, 5.41) is 0. The summed E-state index contributed by atoms with van der Waals surface area (Å²) in [6.45, 7) is 2.13. The number of pyridine rings is 1. The van der Waals surface area contributed by atoms with Crippen molar-refractivity contribution < 1.29 is 0 Å². The number of thiocarbonyl (C=S) groups is 1. The van der Waals surface area contributed by atoms with Crippen LogP contribution in [0.25, 0.3) is 0 Å².